The molecule has 0 fully saturated rings. The van der Waals surface area contributed by atoms with E-state index in [0.29, 0.717) is 21.5 Å². The van der Waals surface area contributed by atoms with Gasteiger partial charge in [-0.1, -0.05) is 0 Å². The number of nitrogens with zero attached hydrogens (tertiary/aromatic N) is 2. The normalized spacial score (nSPS) is 11.5. The van der Waals surface area contributed by atoms with Gasteiger partial charge < -0.3 is 5.73 Å². The quantitative estimate of drug-likeness (QED) is 0.781. The van der Waals surface area contributed by atoms with Gasteiger partial charge in [-0.05, 0) is 35.8 Å². The Labute approximate surface area is 118 Å². The van der Waals surface area contributed by atoms with Crippen LogP contribution in [0.25, 0.3) is 0 Å². The Balaban J connectivity index is 2.47. The molecule has 0 atom stereocenters. The van der Waals surface area contributed by atoms with Crippen molar-refractivity contribution in [1.82, 2.24) is 15.2 Å². The van der Waals surface area contributed by atoms with Gasteiger partial charge in [-0.3, -0.25) is 9.82 Å². The van der Waals surface area contributed by atoms with Crippen molar-refractivity contribution in [2.75, 3.05) is 10.5 Å². The van der Waals surface area contributed by atoms with Crippen molar-refractivity contribution in [1.29, 1.82) is 0 Å². The summed E-state index contributed by atoms with van der Waals surface area (Å²) < 4.78 is 27.6. The highest BCUT2D eigenvalue weighted by Gasteiger charge is 2.21. The first-order chi connectivity index (χ1) is 8.81. The number of nitrogens with one attached hydrogen (secondary N) is 2. The Morgan fingerprint density at radius 2 is 2.11 bits per heavy atom. The SMILES string of the molecule is Cc1n[nH]c(C)c1NS(=O)(=O)c1cc(Br)cnc1N. The lowest BCUT2D eigenvalue weighted by atomic mass is 10.3. The standard InChI is InChI=1S/C10H12BrN5O2S/c1-5-9(6(2)15-14-5)16-19(17,18)8-3-7(11)4-13-10(8)12/h3-4,16H,1-2H3,(H2,12,13)(H,14,15). The number of nitrogen functional groups attached to an aromatic ring is 1. The Kier molecular flexibility index (Phi) is 3.50. The van der Waals surface area contributed by atoms with Gasteiger partial charge in [-0.15, -0.1) is 0 Å². The lowest BCUT2D eigenvalue weighted by molar-refractivity contribution is 0.601. The number of nitrogens with two attached hydrogens (primary N) is 1. The number of anilines is 2. The fourth-order valence-electron chi connectivity index (χ4n) is 1.54. The molecule has 9 heteroatoms. The zero-order valence-corrected chi connectivity index (χ0v) is 12.6. The molecule has 0 amide bonds. The number of rotatable bonds is 3. The third-order valence-electron chi connectivity index (χ3n) is 2.50. The molecule has 0 aliphatic heterocycles. The Hall–Kier alpha value is -1.61. The van der Waals surface area contributed by atoms with Crippen LogP contribution in [-0.4, -0.2) is 23.6 Å². The minimum Gasteiger partial charge on any atom is -0.383 e. The average molecular weight is 346 g/mol. The molecule has 0 spiro atoms. The molecule has 0 bridgehead atoms. The fraction of sp³-hybridized carbons (Fsp3) is 0.200. The van der Waals surface area contributed by atoms with Crippen molar-refractivity contribution in [3.05, 3.63) is 28.1 Å². The van der Waals surface area contributed by atoms with E-state index in [4.69, 9.17) is 5.73 Å². The lowest BCUT2D eigenvalue weighted by Gasteiger charge is -2.10. The molecule has 102 valence electrons. The summed E-state index contributed by atoms with van der Waals surface area (Å²) in [6.45, 7) is 3.42. The van der Waals surface area contributed by atoms with Gasteiger partial charge in [0, 0.05) is 10.7 Å². The molecule has 7 nitrogen and oxygen atoms in total. The molecule has 2 heterocycles. The van der Waals surface area contributed by atoms with E-state index in [1.54, 1.807) is 13.8 Å². The first-order valence-electron chi connectivity index (χ1n) is 5.26. The summed E-state index contributed by atoms with van der Waals surface area (Å²) in [6, 6.07) is 1.40. The largest absolute Gasteiger partial charge is 0.383 e. The van der Waals surface area contributed by atoms with Crippen LogP contribution < -0.4 is 10.5 Å². The number of sulfonamides is 1. The van der Waals surface area contributed by atoms with Crippen LogP contribution in [0.2, 0.25) is 0 Å². The van der Waals surface area contributed by atoms with E-state index >= 15 is 0 Å². The number of aromatic nitrogens is 3. The minimum absolute atomic E-state index is 0.0606. The van der Waals surface area contributed by atoms with E-state index in [1.165, 1.54) is 12.3 Å². The van der Waals surface area contributed by atoms with Crippen LogP contribution in [-0.2, 0) is 10.0 Å². The van der Waals surface area contributed by atoms with Crippen LogP contribution in [0.5, 0.6) is 0 Å². The number of hydrogen-bond acceptors (Lipinski definition) is 5. The van der Waals surface area contributed by atoms with E-state index in [9.17, 15) is 8.42 Å². The molecule has 0 saturated carbocycles. The second-order valence-electron chi connectivity index (χ2n) is 3.95. The highest BCUT2D eigenvalue weighted by Crippen LogP contribution is 2.25. The van der Waals surface area contributed by atoms with E-state index in [-0.39, 0.29) is 10.7 Å². The molecular weight excluding hydrogens is 334 g/mol. The summed E-state index contributed by atoms with van der Waals surface area (Å²) in [5.41, 5.74) is 7.21. The van der Waals surface area contributed by atoms with Gasteiger partial charge in [0.15, 0.2) is 0 Å². The second kappa shape index (κ2) is 4.82. The van der Waals surface area contributed by atoms with Crippen LogP contribution in [0.15, 0.2) is 21.6 Å². The first kappa shape index (κ1) is 13.8. The van der Waals surface area contributed by atoms with Gasteiger partial charge in [-0.25, -0.2) is 13.4 Å². The smallest absolute Gasteiger partial charge is 0.265 e. The Morgan fingerprint density at radius 3 is 2.68 bits per heavy atom. The third-order valence-corrected chi connectivity index (χ3v) is 4.31. The number of aryl methyl sites for hydroxylation is 2. The molecule has 2 rings (SSSR count). The number of pyridine rings is 1. The summed E-state index contributed by atoms with van der Waals surface area (Å²) in [7, 11) is -3.81. The van der Waals surface area contributed by atoms with E-state index in [2.05, 4.69) is 35.8 Å². The van der Waals surface area contributed by atoms with Gasteiger partial charge in [0.25, 0.3) is 10.0 Å². The van der Waals surface area contributed by atoms with E-state index in [1.807, 2.05) is 0 Å². The van der Waals surface area contributed by atoms with Crippen molar-refractivity contribution in [2.24, 2.45) is 0 Å². The number of aromatic amines is 1. The topological polar surface area (TPSA) is 114 Å². The van der Waals surface area contributed by atoms with Crippen LogP contribution in [0.4, 0.5) is 11.5 Å². The lowest BCUT2D eigenvalue weighted by Crippen LogP contribution is -2.16. The molecule has 0 aromatic carbocycles. The van der Waals surface area contributed by atoms with Crippen LogP contribution in [0, 0.1) is 13.8 Å². The molecule has 0 unspecified atom stereocenters. The minimum atomic E-state index is -3.81. The highest BCUT2D eigenvalue weighted by atomic mass is 79.9. The van der Waals surface area contributed by atoms with E-state index in [0.717, 1.165) is 0 Å². The summed E-state index contributed by atoms with van der Waals surface area (Å²) in [4.78, 5) is 3.73. The predicted molar refractivity (Wildman–Crippen MR) is 75.2 cm³/mol. The van der Waals surface area contributed by atoms with Crippen molar-refractivity contribution in [2.45, 2.75) is 18.7 Å². The second-order valence-corrected chi connectivity index (χ2v) is 6.52. The first-order valence-corrected chi connectivity index (χ1v) is 7.54. The van der Waals surface area contributed by atoms with Gasteiger partial charge in [0.2, 0.25) is 0 Å². The van der Waals surface area contributed by atoms with E-state index < -0.39 is 10.0 Å². The molecule has 0 aliphatic rings. The summed E-state index contributed by atoms with van der Waals surface area (Å²) in [6.07, 6.45) is 1.43. The van der Waals surface area contributed by atoms with Crippen molar-refractivity contribution in [3.8, 4) is 0 Å². The number of hydrogen-bond donors (Lipinski definition) is 3. The third kappa shape index (κ3) is 2.71. The molecule has 0 aliphatic carbocycles. The molecule has 0 saturated heterocycles. The highest BCUT2D eigenvalue weighted by molar-refractivity contribution is 9.10. The summed E-state index contributed by atoms with van der Waals surface area (Å²) in [5.74, 6) is -0.0606. The molecule has 19 heavy (non-hydrogen) atoms. The summed E-state index contributed by atoms with van der Waals surface area (Å²) in [5, 5.41) is 6.63. The van der Waals surface area contributed by atoms with Crippen molar-refractivity contribution in [3.63, 3.8) is 0 Å². The fourth-order valence-corrected chi connectivity index (χ4v) is 3.31. The zero-order valence-electron chi connectivity index (χ0n) is 10.2. The van der Waals surface area contributed by atoms with Crippen LogP contribution in [0.3, 0.4) is 0 Å². The maximum absolute atomic E-state index is 12.3. The van der Waals surface area contributed by atoms with Crippen molar-refractivity contribution < 1.29 is 8.42 Å². The van der Waals surface area contributed by atoms with Gasteiger partial charge in [-0.2, -0.15) is 5.10 Å². The molecule has 2 aromatic heterocycles. The average Bonchev–Trinajstić information content (AvgIpc) is 2.63. The molecular formula is C10H12BrN5O2S. The predicted octanol–water partition coefficient (Wildman–Crippen LogP) is 1.57. The number of H-pyrrole nitrogens is 1. The van der Waals surface area contributed by atoms with Crippen LogP contribution >= 0.6 is 15.9 Å². The van der Waals surface area contributed by atoms with Crippen molar-refractivity contribution >= 4 is 37.5 Å². The van der Waals surface area contributed by atoms with Gasteiger partial charge in [0.05, 0.1) is 17.1 Å². The maximum Gasteiger partial charge on any atom is 0.265 e. The molecule has 4 N–H and O–H groups in total. The Morgan fingerprint density at radius 1 is 1.42 bits per heavy atom. The zero-order chi connectivity index (χ0) is 14.2. The molecule has 2 aromatic rings. The van der Waals surface area contributed by atoms with Crippen LogP contribution in [0.1, 0.15) is 11.4 Å². The summed E-state index contributed by atoms with van der Waals surface area (Å²) >= 11 is 3.17. The Bertz CT molecular complexity index is 706. The molecule has 0 radical (unpaired) electrons. The monoisotopic (exact) mass is 345 g/mol. The number of halogens is 1. The van der Waals surface area contributed by atoms with Gasteiger partial charge in [0.1, 0.15) is 10.7 Å². The maximum atomic E-state index is 12.3. The van der Waals surface area contributed by atoms with Gasteiger partial charge >= 0.3 is 0 Å².